The lowest BCUT2D eigenvalue weighted by molar-refractivity contribution is -0.119. The number of nitrogens with two attached hydrogens (primary N) is 1. The predicted molar refractivity (Wildman–Crippen MR) is 89.8 cm³/mol. The number of hydrogen-bond donors (Lipinski definition) is 2. The van der Waals surface area contributed by atoms with Crippen LogP contribution in [0.2, 0.25) is 0 Å². The molecule has 3 rings (SSSR count). The minimum atomic E-state index is -0.290. The van der Waals surface area contributed by atoms with Crippen molar-refractivity contribution in [2.75, 3.05) is 25.0 Å². The number of nitrogens with zero attached hydrogens (tertiary/aromatic N) is 4. The fraction of sp³-hybridized carbons (Fsp3) is 0.467. The molecule has 1 aliphatic heterocycles. The molecule has 1 saturated heterocycles. The van der Waals surface area contributed by atoms with Gasteiger partial charge in [0.1, 0.15) is 0 Å². The second-order valence-electron chi connectivity index (χ2n) is 5.73. The number of aromatic nitrogens is 3. The molecule has 2 aromatic rings. The lowest BCUT2D eigenvalue weighted by atomic mass is 9.94. The molecule has 1 atom stereocenters. The van der Waals surface area contributed by atoms with Crippen molar-refractivity contribution >= 4 is 28.2 Å². The number of aryl methyl sites for hydroxylation is 1. The van der Waals surface area contributed by atoms with Gasteiger partial charge in [0, 0.05) is 35.9 Å². The Morgan fingerprint density at radius 3 is 3.00 bits per heavy atom. The maximum Gasteiger partial charge on any atom is 0.231 e. The summed E-state index contributed by atoms with van der Waals surface area (Å²) in [5, 5.41) is 4.08. The van der Waals surface area contributed by atoms with E-state index in [9.17, 15) is 4.79 Å². The van der Waals surface area contributed by atoms with Gasteiger partial charge in [-0.05, 0) is 26.3 Å². The molecule has 0 saturated carbocycles. The van der Waals surface area contributed by atoms with Crippen LogP contribution in [0, 0.1) is 6.92 Å². The summed E-state index contributed by atoms with van der Waals surface area (Å²) in [6.45, 7) is 3.98. The van der Waals surface area contributed by atoms with E-state index in [2.05, 4.69) is 25.2 Å². The molecule has 3 N–H and O–H groups in total. The minimum absolute atomic E-state index is 0.236. The molecule has 2 aromatic heterocycles. The van der Waals surface area contributed by atoms with Crippen molar-refractivity contribution in [1.29, 1.82) is 0 Å². The van der Waals surface area contributed by atoms with Crippen molar-refractivity contribution in [2.45, 2.75) is 25.7 Å². The molecule has 3 heterocycles. The van der Waals surface area contributed by atoms with Gasteiger partial charge in [0.25, 0.3) is 0 Å². The number of piperidine rings is 1. The number of rotatable bonds is 5. The van der Waals surface area contributed by atoms with E-state index in [1.807, 2.05) is 13.1 Å². The van der Waals surface area contributed by atoms with Crippen molar-refractivity contribution < 1.29 is 4.79 Å². The Bertz CT molecular complexity index is 688. The standard InChI is InChI=1S/C15H20N6OS/c1-10-7-19-15(23-10)20-14-13(17-4-5-18-14)11-3-2-6-21(8-11)9-12(16)22/h4-5,7,11H,2-3,6,8-9H2,1H3,(H2,16,22)(H,18,19,20)/t11-/m0/s1. The molecule has 0 aliphatic carbocycles. The molecule has 23 heavy (non-hydrogen) atoms. The number of hydrogen-bond acceptors (Lipinski definition) is 7. The Morgan fingerprint density at radius 1 is 1.43 bits per heavy atom. The molecule has 0 radical (unpaired) electrons. The van der Waals surface area contributed by atoms with E-state index >= 15 is 0 Å². The van der Waals surface area contributed by atoms with Gasteiger partial charge in [0.15, 0.2) is 10.9 Å². The fourth-order valence-corrected chi connectivity index (χ4v) is 3.56. The predicted octanol–water partition coefficient (Wildman–Crippen LogP) is 1.65. The van der Waals surface area contributed by atoms with Crippen LogP contribution in [0.4, 0.5) is 10.9 Å². The van der Waals surface area contributed by atoms with E-state index in [1.165, 1.54) is 0 Å². The molecular formula is C15H20N6OS. The molecule has 1 amide bonds. The maximum atomic E-state index is 11.2. The number of anilines is 2. The van der Waals surface area contributed by atoms with Crippen LogP contribution in [0.5, 0.6) is 0 Å². The first-order chi connectivity index (χ1) is 11.1. The van der Waals surface area contributed by atoms with Gasteiger partial charge in [-0.3, -0.25) is 14.7 Å². The van der Waals surface area contributed by atoms with Gasteiger partial charge in [-0.15, -0.1) is 11.3 Å². The minimum Gasteiger partial charge on any atom is -0.369 e. The van der Waals surface area contributed by atoms with Crippen molar-refractivity contribution in [3.8, 4) is 0 Å². The summed E-state index contributed by atoms with van der Waals surface area (Å²) in [7, 11) is 0. The molecule has 1 aliphatic rings. The second-order valence-corrected chi connectivity index (χ2v) is 6.97. The molecule has 7 nitrogen and oxygen atoms in total. The number of thiazole rings is 1. The van der Waals surface area contributed by atoms with Crippen LogP contribution in [-0.2, 0) is 4.79 Å². The highest BCUT2D eigenvalue weighted by molar-refractivity contribution is 7.15. The average molecular weight is 332 g/mol. The van der Waals surface area contributed by atoms with Gasteiger partial charge in [-0.1, -0.05) is 0 Å². The molecule has 0 unspecified atom stereocenters. The Hall–Kier alpha value is -2.06. The first-order valence-electron chi connectivity index (χ1n) is 7.63. The third-order valence-electron chi connectivity index (χ3n) is 3.84. The Morgan fingerprint density at radius 2 is 2.26 bits per heavy atom. The highest BCUT2D eigenvalue weighted by Gasteiger charge is 2.26. The summed E-state index contributed by atoms with van der Waals surface area (Å²) < 4.78 is 0. The molecule has 122 valence electrons. The highest BCUT2D eigenvalue weighted by Crippen LogP contribution is 2.31. The Kier molecular flexibility index (Phi) is 4.82. The van der Waals surface area contributed by atoms with E-state index in [0.29, 0.717) is 6.54 Å². The fourth-order valence-electron chi connectivity index (χ4n) is 2.90. The average Bonchev–Trinajstić information content (AvgIpc) is 2.92. The van der Waals surface area contributed by atoms with E-state index in [4.69, 9.17) is 5.73 Å². The van der Waals surface area contributed by atoms with E-state index in [1.54, 1.807) is 23.7 Å². The lowest BCUT2D eigenvalue weighted by Crippen LogP contribution is -2.40. The van der Waals surface area contributed by atoms with E-state index in [-0.39, 0.29) is 11.8 Å². The molecular weight excluding hydrogens is 312 g/mol. The third kappa shape index (κ3) is 4.02. The zero-order valence-electron chi connectivity index (χ0n) is 13.0. The van der Waals surface area contributed by atoms with Gasteiger partial charge in [0.05, 0.1) is 12.2 Å². The maximum absolute atomic E-state index is 11.2. The van der Waals surface area contributed by atoms with E-state index in [0.717, 1.165) is 47.5 Å². The van der Waals surface area contributed by atoms with Gasteiger partial charge in [-0.2, -0.15) is 0 Å². The molecule has 0 spiro atoms. The highest BCUT2D eigenvalue weighted by atomic mass is 32.1. The smallest absolute Gasteiger partial charge is 0.231 e. The lowest BCUT2D eigenvalue weighted by Gasteiger charge is -2.31. The monoisotopic (exact) mass is 332 g/mol. The first-order valence-corrected chi connectivity index (χ1v) is 8.44. The van der Waals surface area contributed by atoms with Gasteiger partial charge in [0.2, 0.25) is 5.91 Å². The van der Waals surface area contributed by atoms with Crippen molar-refractivity contribution in [1.82, 2.24) is 19.9 Å². The van der Waals surface area contributed by atoms with Crippen molar-refractivity contribution in [3.05, 3.63) is 29.2 Å². The van der Waals surface area contributed by atoms with E-state index < -0.39 is 0 Å². The second kappa shape index (κ2) is 7.01. The molecule has 1 fully saturated rings. The van der Waals surface area contributed by atoms with Gasteiger partial charge < -0.3 is 11.1 Å². The topological polar surface area (TPSA) is 97.0 Å². The van der Waals surface area contributed by atoms with Crippen LogP contribution in [0.1, 0.15) is 29.3 Å². The van der Waals surface area contributed by atoms with Crippen LogP contribution in [0.15, 0.2) is 18.6 Å². The number of carbonyl (C=O) groups is 1. The van der Waals surface area contributed by atoms with Crippen molar-refractivity contribution in [3.63, 3.8) is 0 Å². The van der Waals surface area contributed by atoms with Crippen LogP contribution in [0.3, 0.4) is 0 Å². The summed E-state index contributed by atoms with van der Waals surface area (Å²) >= 11 is 1.59. The van der Waals surface area contributed by atoms with Crippen LogP contribution in [-0.4, -0.2) is 45.4 Å². The summed E-state index contributed by atoms with van der Waals surface area (Å²) in [6.07, 6.45) is 7.26. The number of amides is 1. The van der Waals surface area contributed by atoms with Crippen LogP contribution < -0.4 is 11.1 Å². The summed E-state index contributed by atoms with van der Waals surface area (Å²) in [5.41, 5.74) is 6.24. The molecule has 0 bridgehead atoms. The summed E-state index contributed by atoms with van der Waals surface area (Å²) in [6, 6.07) is 0. The number of primary amides is 1. The zero-order valence-corrected chi connectivity index (χ0v) is 13.8. The largest absolute Gasteiger partial charge is 0.369 e. The number of likely N-dealkylation sites (tertiary alicyclic amines) is 1. The molecule has 8 heteroatoms. The Balaban J connectivity index is 1.78. The number of carbonyl (C=O) groups excluding carboxylic acids is 1. The third-order valence-corrected chi connectivity index (χ3v) is 4.67. The normalized spacial score (nSPS) is 18.7. The van der Waals surface area contributed by atoms with Crippen LogP contribution >= 0.6 is 11.3 Å². The molecule has 0 aromatic carbocycles. The number of nitrogens with one attached hydrogen (secondary N) is 1. The van der Waals surface area contributed by atoms with Gasteiger partial charge >= 0.3 is 0 Å². The van der Waals surface area contributed by atoms with Crippen molar-refractivity contribution in [2.24, 2.45) is 5.73 Å². The SMILES string of the molecule is Cc1cnc(Nc2nccnc2[C@H]2CCCN(CC(N)=O)C2)s1. The summed E-state index contributed by atoms with van der Waals surface area (Å²) in [4.78, 5) is 27.7. The van der Waals surface area contributed by atoms with Gasteiger partial charge in [-0.25, -0.2) is 9.97 Å². The van der Waals surface area contributed by atoms with Crippen LogP contribution in [0.25, 0.3) is 0 Å². The summed E-state index contributed by atoms with van der Waals surface area (Å²) in [5.74, 6) is 0.689. The quantitative estimate of drug-likeness (QED) is 0.864. The first kappa shape index (κ1) is 15.8. The zero-order chi connectivity index (χ0) is 16.2. The Labute approximate surface area is 139 Å².